The average Bonchev–Trinajstić information content (AvgIpc) is 3.80. The van der Waals surface area contributed by atoms with E-state index in [9.17, 15) is 26.7 Å². The lowest BCUT2D eigenvalue weighted by Crippen LogP contribution is -2.52. The van der Waals surface area contributed by atoms with Crippen molar-refractivity contribution in [1.82, 2.24) is 9.80 Å². The molecule has 2 fully saturated rings. The Balaban J connectivity index is 0.000000438. The van der Waals surface area contributed by atoms with Gasteiger partial charge in [0.2, 0.25) is 0 Å². The van der Waals surface area contributed by atoms with Crippen LogP contribution in [0.15, 0.2) is 64.5 Å². The topological polar surface area (TPSA) is 54.4 Å². The van der Waals surface area contributed by atoms with Gasteiger partial charge in [-0.3, -0.25) is 4.99 Å². The largest absolute Gasteiger partial charge is 0.573 e. The fraction of sp³-hybridized carbons (Fsp3) is 0.588. The Bertz CT molecular complexity index is 1270. The van der Waals surface area contributed by atoms with Crippen LogP contribution in [0.2, 0.25) is 0 Å². The molecule has 1 aliphatic heterocycles. The predicted molar refractivity (Wildman–Crippen MR) is 177 cm³/mol. The first-order valence-electron chi connectivity index (χ1n) is 15.8. The van der Waals surface area contributed by atoms with Gasteiger partial charge in [0.25, 0.3) is 5.66 Å². The van der Waals surface area contributed by atoms with Gasteiger partial charge in [0.15, 0.2) is 5.60 Å². The van der Waals surface area contributed by atoms with Crippen LogP contribution in [0.5, 0.6) is 5.75 Å². The number of carbonyl (C=O) groups excluding carboxylic acids is 1. The van der Waals surface area contributed by atoms with Gasteiger partial charge < -0.3 is 19.3 Å². The van der Waals surface area contributed by atoms with Gasteiger partial charge in [-0.2, -0.15) is 8.78 Å². The van der Waals surface area contributed by atoms with Gasteiger partial charge in [0, 0.05) is 49.4 Å². The number of hydrogen-bond donors (Lipinski definition) is 0. The van der Waals surface area contributed by atoms with Crippen molar-refractivity contribution >= 4 is 21.0 Å². The van der Waals surface area contributed by atoms with E-state index in [2.05, 4.69) is 41.5 Å². The molecule has 0 radical (unpaired) electrons. The van der Waals surface area contributed by atoms with Crippen LogP contribution >= 0.6 is 9.24 Å². The maximum Gasteiger partial charge on any atom is 0.573 e. The van der Waals surface area contributed by atoms with Crippen molar-refractivity contribution in [3.8, 4) is 5.75 Å². The van der Waals surface area contributed by atoms with Crippen LogP contribution in [0.3, 0.4) is 0 Å². The van der Waals surface area contributed by atoms with Crippen LogP contribution in [-0.4, -0.2) is 65.4 Å². The molecular weight excluding hydrogens is 624 g/mol. The van der Waals surface area contributed by atoms with Crippen molar-refractivity contribution in [3.05, 3.63) is 65.0 Å². The molecule has 0 bridgehead atoms. The summed E-state index contributed by atoms with van der Waals surface area (Å²) in [5.74, 6) is 0.431. The Morgan fingerprint density at radius 2 is 1.65 bits per heavy atom. The third-order valence-corrected chi connectivity index (χ3v) is 8.47. The Hall–Kier alpha value is -2.94. The highest BCUT2D eigenvalue weighted by molar-refractivity contribution is 7.18. The van der Waals surface area contributed by atoms with Gasteiger partial charge in [-0.05, 0) is 89.5 Å². The normalized spacial score (nSPS) is 17.4. The number of carbonyl (C=O) groups is 1. The predicted octanol–water partition coefficient (Wildman–Crippen LogP) is 9.54. The molecular formula is C34H49F5N3O3P. The summed E-state index contributed by atoms with van der Waals surface area (Å²) in [6, 6.07) is 6.06. The number of aryl methyl sites for hydroxylation is 1. The standard InChI is InChI=1S/C24H38F2N3O2P.C10H11F3O/c1-7-9-12-27-17(3)21(20(8-2)19-10-11-19)18(4)28-13-15-29(16-14-28)22(30)31-23(5,6)24(25,26)32;1-2-4-8-5-3-6-9(7-8)14-10(11,12)13/h8-9,12,19H,7,10-11,13-16,32H2,1-6H3;3,5-7H,2,4H2,1H3/b12-9+,20-8-,21-18-,27-17+;. The van der Waals surface area contributed by atoms with Gasteiger partial charge in [-0.25, -0.2) is 4.79 Å². The van der Waals surface area contributed by atoms with Gasteiger partial charge in [-0.1, -0.05) is 53.8 Å². The van der Waals surface area contributed by atoms with E-state index in [0.29, 0.717) is 32.1 Å². The number of nitrogens with zero attached hydrogens (tertiary/aromatic N) is 3. The molecule has 1 heterocycles. The maximum atomic E-state index is 13.7. The van der Waals surface area contributed by atoms with Crippen molar-refractivity contribution < 1.29 is 36.2 Å². The number of ether oxygens (including phenoxy) is 2. The monoisotopic (exact) mass is 673 g/mol. The summed E-state index contributed by atoms with van der Waals surface area (Å²) in [6.45, 7) is 14.8. The summed E-state index contributed by atoms with van der Waals surface area (Å²) in [5.41, 5.74) is 0.400. The lowest BCUT2D eigenvalue weighted by molar-refractivity contribution is -0.274. The molecule has 2 aliphatic rings. The van der Waals surface area contributed by atoms with Crippen LogP contribution in [0.25, 0.3) is 0 Å². The van der Waals surface area contributed by atoms with E-state index in [1.807, 2.05) is 26.1 Å². The molecule has 258 valence electrons. The fourth-order valence-corrected chi connectivity index (χ4v) is 4.97. The summed E-state index contributed by atoms with van der Waals surface area (Å²) in [6.07, 6.45) is 5.77. The first-order chi connectivity index (χ1) is 21.4. The van der Waals surface area contributed by atoms with Crippen LogP contribution in [0, 0.1) is 5.92 Å². The fourth-order valence-electron chi connectivity index (χ4n) is 4.91. The molecule has 0 N–H and O–H groups in total. The number of aliphatic imine (C=N–C) groups is 1. The number of hydrogen-bond acceptors (Lipinski definition) is 5. The molecule has 1 saturated heterocycles. The van der Waals surface area contributed by atoms with E-state index < -0.39 is 23.7 Å². The van der Waals surface area contributed by atoms with Crippen LogP contribution < -0.4 is 4.74 Å². The molecule has 1 aromatic rings. The third-order valence-electron chi connectivity index (χ3n) is 7.78. The summed E-state index contributed by atoms with van der Waals surface area (Å²) in [7, 11) is 1.45. The van der Waals surface area contributed by atoms with Crippen LogP contribution in [0.1, 0.15) is 79.7 Å². The number of amides is 1. The highest BCUT2D eigenvalue weighted by Gasteiger charge is 2.46. The minimum atomic E-state index is -4.61. The number of halogens is 5. The summed E-state index contributed by atoms with van der Waals surface area (Å²) in [4.78, 5) is 20.9. The Morgan fingerprint density at radius 1 is 1.04 bits per heavy atom. The maximum absolute atomic E-state index is 13.7. The lowest BCUT2D eigenvalue weighted by Gasteiger charge is -2.39. The van der Waals surface area contributed by atoms with Crippen molar-refractivity contribution in [2.75, 3.05) is 26.2 Å². The number of alkyl halides is 5. The molecule has 0 aromatic heterocycles. The molecule has 6 nitrogen and oxygen atoms in total. The van der Waals surface area contributed by atoms with Gasteiger partial charge in [0.1, 0.15) is 5.75 Å². The molecule has 1 saturated carbocycles. The lowest BCUT2D eigenvalue weighted by atomic mass is 9.95. The second kappa shape index (κ2) is 17.3. The van der Waals surface area contributed by atoms with E-state index in [4.69, 9.17) is 4.74 Å². The smallest absolute Gasteiger partial charge is 0.437 e. The molecule has 12 heteroatoms. The quantitative estimate of drug-likeness (QED) is 0.102. The SMILES string of the molecule is CCCc1cccc(OC(F)(F)F)c1.C\C=C(C(/C(C)=N/C=C/CC)=C(/C)N1CCN(C(=O)OC(C)(C)C(F)(F)P)CC1)\C1CC1. The number of allylic oxidation sites excluding steroid dienone is 5. The average molecular weight is 674 g/mol. The molecule has 1 atom stereocenters. The number of piperazine rings is 1. The second-order valence-corrected chi connectivity index (χ2v) is 12.6. The van der Waals surface area contributed by atoms with Crippen molar-refractivity contribution in [1.29, 1.82) is 0 Å². The first-order valence-corrected chi connectivity index (χ1v) is 16.3. The molecule has 1 unspecified atom stereocenters. The van der Waals surface area contributed by atoms with Crippen molar-refractivity contribution in [2.45, 2.75) is 98.2 Å². The zero-order valence-electron chi connectivity index (χ0n) is 28.0. The Kier molecular flexibility index (Phi) is 14.7. The highest BCUT2D eigenvalue weighted by Crippen LogP contribution is 2.42. The summed E-state index contributed by atoms with van der Waals surface area (Å²) < 4.78 is 71.8. The first kappa shape index (κ1) is 39.2. The van der Waals surface area contributed by atoms with Crippen molar-refractivity contribution in [2.24, 2.45) is 10.9 Å². The van der Waals surface area contributed by atoms with Gasteiger partial charge in [0.05, 0.1) is 0 Å². The molecule has 1 amide bonds. The minimum absolute atomic E-state index is 0.150. The molecule has 1 aromatic carbocycles. The van der Waals surface area contributed by atoms with E-state index >= 15 is 0 Å². The van der Waals surface area contributed by atoms with E-state index in [-0.39, 0.29) is 5.75 Å². The number of rotatable bonds is 11. The van der Waals surface area contributed by atoms with E-state index in [1.165, 1.54) is 64.1 Å². The molecule has 3 rings (SSSR count). The Morgan fingerprint density at radius 3 is 2.15 bits per heavy atom. The minimum Gasteiger partial charge on any atom is -0.437 e. The van der Waals surface area contributed by atoms with Gasteiger partial charge in [-0.15, -0.1) is 13.2 Å². The molecule has 46 heavy (non-hydrogen) atoms. The molecule has 1 aliphatic carbocycles. The zero-order valence-corrected chi connectivity index (χ0v) is 29.2. The van der Waals surface area contributed by atoms with Crippen LogP contribution in [-0.2, 0) is 11.2 Å². The number of benzene rings is 1. The van der Waals surface area contributed by atoms with Crippen molar-refractivity contribution in [3.63, 3.8) is 0 Å². The summed E-state index contributed by atoms with van der Waals surface area (Å²) >= 11 is 0. The van der Waals surface area contributed by atoms with E-state index in [0.717, 1.165) is 36.2 Å². The highest BCUT2D eigenvalue weighted by atomic mass is 31.0. The van der Waals surface area contributed by atoms with Gasteiger partial charge >= 0.3 is 12.5 Å². The van der Waals surface area contributed by atoms with E-state index in [1.54, 1.807) is 12.1 Å². The zero-order chi connectivity index (χ0) is 34.7. The van der Waals surface area contributed by atoms with Crippen LogP contribution in [0.4, 0.5) is 26.7 Å². The summed E-state index contributed by atoms with van der Waals surface area (Å²) in [5, 5.41) is 0. The third kappa shape index (κ3) is 12.3. The Labute approximate surface area is 273 Å². The molecule has 0 spiro atoms. The second-order valence-electron chi connectivity index (χ2n) is 11.9.